The van der Waals surface area contributed by atoms with Gasteiger partial charge >= 0.3 is 11.7 Å². The smallest absolute Gasteiger partial charge is 0.333 e. The molecule has 2 aromatic rings. The van der Waals surface area contributed by atoms with Crippen LogP contribution in [0.3, 0.4) is 0 Å². The fourth-order valence-electron chi connectivity index (χ4n) is 1.18. The van der Waals surface area contributed by atoms with Crippen molar-refractivity contribution in [3.05, 3.63) is 48.5 Å². The molecule has 3 nitrogen and oxygen atoms in total. The maximum Gasteiger partial charge on any atom is 0.505 e. The van der Waals surface area contributed by atoms with Gasteiger partial charge in [0.25, 0.3) is 4.90 Å². The monoisotopic (exact) mass is 204 g/mol. The van der Waals surface area contributed by atoms with E-state index in [1.54, 1.807) is 18.6 Å². The molecule has 0 amide bonds. The van der Waals surface area contributed by atoms with Crippen molar-refractivity contribution in [3.63, 3.8) is 0 Å². The first-order chi connectivity index (χ1) is 6.88. The summed E-state index contributed by atoms with van der Waals surface area (Å²) in [4.78, 5) is 4.58. The minimum Gasteiger partial charge on any atom is -0.333 e. The molecule has 1 radical (unpaired) electrons. The molecule has 1 aromatic heterocycles. The summed E-state index contributed by atoms with van der Waals surface area (Å²) in [5.41, 5.74) is 1.11. The van der Waals surface area contributed by atoms with Gasteiger partial charge in [0.15, 0.2) is 0 Å². The van der Waals surface area contributed by atoms with Gasteiger partial charge in [-0.15, -0.1) is 0 Å². The molecule has 0 aliphatic heterocycles. The van der Waals surface area contributed by atoms with Crippen molar-refractivity contribution < 1.29 is 4.21 Å². The molecule has 0 atom stereocenters. The summed E-state index contributed by atoms with van der Waals surface area (Å²) in [6.45, 7) is 0.764. The number of imidazole rings is 1. The fourth-order valence-corrected chi connectivity index (χ4v) is 1.41. The Labute approximate surface area is 85.9 Å². The molecule has 0 saturated carbocycles. The van der Waals surface area contributed by atoms with E-state index in [1.807, 2.05) is 22.9 Å². The third kappa shape index (κ3) is 2.03. The third-order valence-corrected chi connectivity index (χ3v) is 2.30. The van der Waals surface area contributed by atoms with Gasteiger partial charge in [0.05, 0.1) is 12.4 Å². The number of benzene rings is 1. The van der Waals surface area contributed by atoms with E-state index in [0.717, 1.165) is 12.1 Å². The van der Waals surface area contributed by atoms with Crippen molar-refractivity contribution in [2.45, 2.75) is 11.4 Å². The third-order valence-electron chi connectivity index (χ3n) is 1.86. The Bertz CT molecular complexity index is 408. The summed E-state index contributed by atoms with van der Waals surface area (Å²) in [6.07, 6.45) is 5.40. The minimum atomic E-state index is 0.461. The van der Waals surface area contributed by atoms with E-state index in [1.165, 1.54) is 0 Å². The molecule has 1 aromatic carbocycles. The van der Waals surface area contributed by atoms with Crippen LogP contribution in [0.25, 0.3) is 0 Å². The van der Waals surface area contributed by atoms with Crippen LogP contribution in [0.15, 0.2) is 41.8 Å². The zero-order valence-corrected chi connectivity index (χ0v) is 8.20. The van der Waals surface area contributed by atoms with E-state index >= 15 is 0 Å². The van der Waals surface area contributed by atoms with Gasteiger partial charge in [0.2, 0.25) is 0 Å². The van der Waals surface area contributed by atoms with Crippen LogP contribution < -0.4 is 0 Å². The first kappa shape index (κ1) is 9.02. The van der Waals surface area contributed by atoms with E-state index in [4.69, 9.17) is 0 Å². The lowest BCUT2D eigenvalue weighted by molar-refractivity contribution is 0.605. The molecule has 2 rings (SSSR count). The average molecular weight is 204 g/mol. The van der Waals surface area contributed by atoms with E-state index in [-0.39, 0.29) is 0 Å². The lowest BCUT2D eigenvalue weighted by Crippen LogP contribution is -1.95. The van der Waals surface area contributed by atoms with Gasteiger partial charge in [-0.1, -0.05) is 6.07 Å². The maximum atomic E-state index is 10.4. The average Bonchev–Trinajstić information content (AvgIpc) is 2.72. The van der Waals surface area contributed by atoms with Gasteiger partial charge < -0.3 is 4.57 Å². The number of rotatable bonds is 3. The molecule has 1 heterocycles. The Balaban J connectivity index is 2.14. The second-order valence-electron chi connectivity index (χ2n) is 2.88. The number of hydrogen-bond donors (Lipinski definition) is 0. The number of aromatic nitrogens is 2. The van der Waals surface area contributed by atoms with Crippen LogP contribution in [0, 0.1) is 6.07 Å². The Morgan fingerprint density at radius 3 is 3.00 bits per heavy atom. The molecule has 0 spiro atoms. The van der Waals surface area contributed by atoms with Crippen LogP contribution in [-0.4, -0.2) is 9.55 Å². The molecule has 0 N–H and O–H groups in total. The van der Waals surface area contributed by atoms with E-state index in [9.17, 15) is 4.21 Å². The first-order valence-corrected chi connectivity index (χ1v) is 4.89. The quantitative estimate of drug-likeness (QED) is 0.710. The molecule has 0 saturated heterocycles. The van der Waals surface area contributed by atoms with Gasteiger partial charge in [-0.05, 0) is 11.6 Å². The second-order valence-corrected chi connectivity index (χ2v) is 3.49. The largest absolute Gasteiger partial charge is 0.505 e. The van der Waals surface area contributed by atoms with Crippen LogP contribution >= 0.6 is 0 Å². The summed E-state index contributed by atoms with van der Waals surface area (Å²) in [7, 11) is 0. The lowest BCUT2D eigenvalue weighted by atomic mass is 10.2. The van der Waals surface area contributed by atoms with Gasteiger partial charge in [0.1, 0.15) is 0 Å². The fraction of sp³-hybridized carbons (Fsp3) is 0.100. The molecular formula is C10H8N2OS+. The maximum absolute atomic E-state index is 10.4. The minimum absolute atomic E-state index is 0.461. The highest BCUT2D eigenvalue weighted by Gasteiger charge is 2.05. The summed E-state index contributed by atoms with van der Waals surface area (Å²) in [5, 5.41) is 0. The summed E-state index contributed by atoms with van der Waals surface area (Å²) in [6, 6.07) is 8.46. The molecule has 14 heavy (non-hydrogen) atoms. The summed E-state index contributed by atoms with van der Waals surface area (Å²) in [5.74, 6) is 0. The van der Waals surface area contributed by atoms with Crippen molar-refractivity contribution in [1.29, 1.82) is 0 Å². The molecule has 0 fully saturated rings. The van der Waals surface area contributed by atoms with E-state index in [0.29, 0.717) is 16.6 Å². The highest BCUT2D eigenvalue weighted by Crippen LogP contribution is 2.05. The van der Waals surface area contributed by atoms with Gasteiger partial charge in [-0.25, -0.2) is 4.98 Å². The number of hydrogen-bond acceptors (Lipinski definition) is 2. The molecule has 0 aliphatic rings. The summed E-state index contributed by atoms with van der Waals surface area (Å²) >= 11 is 0.461. The zero-order chi connectivity index (χ0) is 9.80. The highest BCUT2D eigenvalue weighted by molar-refractivity contribution is 7.65. The van der Waals surface area contributed by atoms with E-state index < -0.39 is 0 Å². The van der Waals surface area contributed by atoms with Crippen LogP contribution in [0.5, 0.6) is 0 Å². The second kappa shape index (κ2) is 4.11. The Kier molecular flexibility index (Phi) is 2.65. The first-order valence-electron chi connectivity index (χ1n) is 4.14. The van der Waals surface area contributed by atoms with Gasteiger partial charge in [0, 0.05) is 29.2 Å². The number of nitrogens with zero attached hydrogens (tertiary/aromatic N) is 2. The van der Waals surface area contributed by atoms with Crippen LogP contribution in [-0.2, 0) is 22.4 Å². The predicted octanol–water partition coefficient (Wildman–Crippen LogP) is 1.52. The van der Waals surface area contributed by atoms with Crippen molar-refractivity contribution in [2.24, 2.45) is 0 Å². The van der Waals surface area contributed by atoms with Crippen molar-refractivity contribution in [3.8, 4) is 0 Å². The van der Waals surface area contributed by atoms with Crippen LogP contribution in [0.1, 0.15) is 5.56 Å². The molecule has 4 heteroatoms. The molecule has 0 unspecified atom stereocenters. The van der Waals surface area contributed by atoms with Gasteiger partial charge in [-0.2, -0.15) is 0 Å². The van der Waals surface area contributed by atoms with Crippen molar-refractivity contribution in [2.75, 3.05) is 0 Å². The molecule has 0 bridgehead atoms. The SMILES string of the molecule is O=[S+]c1[c]cc(Cn2ccnc2)cc1. The molecule has 69 valence electrons. The molecular weight excluding hydrogens is 196 g/mol. The normalized spacial score (nSPS) is 10.0. The van der Waals surface area contributed by atoms with Crippen LogP contribution in [0.4, 0.5) is 0 Å². The van der Waals surface area contributed by atoms with E-state index in [2.05, 4.69) is 11.1 Å². The predicted molar refractivity (Wildman–Crippen MR) is 52.9 cm³/mol. The standard InChI is InChI=1S/C10H8N2OS/c13-14-10-3-1-9(2-4-10)7-12-6-5-11-8-12/h1-3,5-6,8H,7H2/q+1. The summed E-state index contributed by atoms with van der Waals surface area (Å²) < 4.78 is 12.4. The lowest BCUT2D eigenvalue weighted by Gasteiger charge is -1.99. The Morgan fingerprint density at radius 1 is 1.50 bits per heavy atom. The molecule has 0 aliphatic carbocycles. The Hall–Kier alpha value is -1.55. The topological polar surface area (TPSA) is 34.9 Å². The zero-order valence-electron chi connectivity index (χ0n) is 7.38. The Morgan fingerprint density at radius 2 is 2.43 bits per heavy atom. The highest BCUT2D eigenvalue weighted by atomic mass is 32.1. The van der Waals surface area contributed by atoms with Crippen molar-refractivity contribution in [1.82, 2.24) is 9.55 Å². The van der Waals surface area contributed by atoms with Crippen molar-refractivity contribution >= 4 is 11.7 Å². The van der Waals surface area contributed by atoms with Gasteiger partial charge in [-0.3, -0.25) is 0 Å². The van der Waals surface area contributed by atoms with Crippen LogP contribution in [0.2, 0.25) is 0 Å².